The molecule has 1 heterocycles. The van der Waals surface area contributed by atoms with Crippen LogP contribution in [0.25, 0.3) is 11.4 Å². The lowest BCUT2D eigenvalue weighted by Gasteiger charge is -2.17. The Labute approximate surface area is 169 Å². The molecule has 6 nitrogen and oxygen atoms in total. The third-order valence-electron chi connectivity index (χ3n) is 4.53. The number of aryl methyl sites for hydroxylation is 2. The number of carbonyl (C=O) groups excluding carboxylic acids is 1. The standard InChI is InChI=1S/C21H25N5OS/c1-4-18(16-9-5-14(2)6-10-16)23-19(27)13-28-21-25-24-20(26(21)22)17-11-7-15(3)8-12-17/h5-12,18H,4,13,22H2,1-3H3,(H,23,27). The highest BCUT2D eigenvalue weighted by molar-refractivity contribution is 7.99. The van der Waals surface area contributed by atoms with Crippen LogP contribution in [-0.2, 0) is 4.79 Å². The van der Waals surface area contributed by atoms with Crippen molar-refractivity contribution in [1.29, 1.82) is 0 Å². The summed E-state index contributed by atoms with van der Waals surface area (Å²) in [5.74, 6) is 6.88. The van der Waals surface area contributed by atoms with Gasteiger partial charge in [-0.2, -0.15) is 0 Å². The van der Waals surface area contributed by atoms with Crippen LogP contribution >= 0.6 is 11.8 Å². The molecule has 1 aromatic heterocycles. The first-order valence-corrected chi connectivity index (χ1v) is 10.2. The highest BCUT2D eigenvalue weighted by Crippen LogP contribution is 2.22. The maximum Gasteiger partial charge on any atom is 0.230 e. The molecule has 3 aromatic rings. The van der Waals surface area contributed by atoms with Crippen molar-refractivity contribution in [1.82, 2.24) is 20.2 Å². The van der Waals surface area contributed by atoms with Gasteiger partial charge in [-0.3, -0.25) is 4.79 Å². The normalized spacial score (nSPS) is 12.0. The Kier molecular flexibility index (Phi) is 6.36. The van der Waals surface area contributed by atoms with Crippen LogP contribution in [0.1, 0.15) is 36.1 Å². The minimum absolute atomic E-state index is 0.00688. The molecule has 1 atom stereocenters. The number of rotatable bonds is 7. The van der Waals surface area contributed by atoms with Gasteiger partial charge in [0.05, 0.1) is 11.8 Å². The van der Waals surface area contributed by atoms with Crippen LogP contribution in [0.5, 0.6) is 0 Å². The van der Waals surface area contributed by atoms with Crippen molar-refractivity contribution in [2.45, 2.75) is 38.4 Å². The van der Waals surface area contributed by atoms with Gasteiger partial charge < -0.3 is 11.2 Å². The van der Waals surface area contributed by atoms with E-state index in [1.54, 1.807) is 0 Å². The second kappa shape index (κ2) is 8.93. The zero-order chi connectivity index (χ0) is 20.1. The number of amides is 1. The summed E-state index contributed by atoms with van der Waals surface area (Å²) in [5.41, 5.74) is 4.36. The van der Waals surface area contributed by atoms with E-state index in [0.29, 0.717) is 11.0 Å². The predicted molar refractivity (Wildman–Crippen MR) is 113 cm³/mol. The fourth-order valence-corrected chi connectivity index (χ4v) is 3.53. The van der Waals surface area contributed by atoms with Gasteiger partial charge in [-0.25, -0.2) is 4.68 Å². The van der Waals surface area contributed by atoms with Gasteiger partial charge in [-0.05, 0) is 25.8 Å². The van der Waals surface area contributed by atoms with Crippen molar-refractivity contribution in [3.8, 4) is 11.4 Å². The van der Waals surface area contributed by atoms with Crippen molar-refractivity contribution < 1.29 is 4.79 Å². The molecule has 0 radical (unpaired) electrons. The third kappa shape index (κ3) is 4.72. The maximum atomic E-state index is 12.4. The Morgan fingerprint density at radius 1 is 1.07 bits per heavy atom. The molecular weight excluding hydrogens is 370 g/mol. The highest BCUT2D eigenvalue weighted by atomic mass is 32.2. The van der Waals surface area contributed by atoms with Crippen molar-refractivity contribution in [3.63, 3.8) is 0 Å². The van der Waals surface area contributed by atoms with Gasteiger partial charge >= 0.3 is 0 Å². The molecule has 0 aliphatic heterocycles. The molecule has 3 rings (SSSR count). The first-order chi connectivity index (χ1) is 13.5. The molecule has 0 aliphatic rings. The van der Waals surface area contributed by atoms with E-state index in [9.17, 15) is 4.79 Å². The fourth-order valence-electron chi connectivity index (χ4n) is 2.86. The first kappa shape index (κ1) is 19.9. The second-order valence-electron chi connectivity index (χ2n) is 6.77. The molecule has 0 saturated heterocycles. The lowest BCUT2D eigenvalue weighted by Crippen LogP contribution is -2.29. The van der Waals surface area contributed by atoms with E-state index >= 15 is 0 Å². The zero-order valence-corrected chi connectivity index (χ0v) is 17.2. The predicted octanol–water partition coefficient (Wildman–Crippen LogP) is 3.64. The topological polar surface area (TPSA) is 85.8 Å². The van der Waals surface area contributed by atoms with E-state index in [0.717, 1.165) is 23.1 Å². The van der Waals surface area contributed by atoms with Crippen molar-refractivity contribution in [2.24, 2.45) is 0 Å². The number of hydrogen-bond acceptors (Lipinski definition) is 5. The number of carbonyl (C=O) groups is 1. The number of nitrogens with two attached hydrogens (primary N) is 1. The molecule has 7 heteroatoms. The summed E-state index contributed by atoms with van der Waals surface area (Å²) in [6, 6.07) is 16.1. The van der Waals surface area contributed by atoms with E-state index in [4.69, 9.17) is 5.84 Å². The largest absolute Gasteiger partial charge is 0.349 e. The van der Waals surface area contributed by atoms with E-state index in [1.165, 1.54) is 22.0 Å². The Bertz CT molecular complexity index is 934. The number of thioether (sulfide) groups is 1. The number of nitrogen functional groups attached to an aromatic ring is 1. The van der Waals surface area contributed by atoms with Gasteiger partial charge in [0.1, 0.15) is 0 Å². The van der Waals surface area contributed by atoms with Gasteiger partial charge in [0.2, 0.25) is 11.1 Å². The lowest BCUT2D eigenvalue weighted by atomic mass is 10.0. The van der Waals surface area contributed by atoms with Crippen molar-refractivity contribution in [3.05, 3.63) is 65.2 Å². The number of nitrogens with zero attached hydrogens (tertiary/aromatic N) is 3. The molecule has 0 spiro atoms. The van der Waals surface area contributed by atoms with Crippen LogP contribution < -0.4 is 11.2 Å². The van der Waals surface area contributed by atoms with E-state index < -0.39 is 0 Å². The molecular formula is C21H25N5OS. The van der Waals surface area contributed by atoms with E-state index in [-0.39, 0.29) is 17.7 Å². The van der Waals surface area contributed by atoms with Crippen LogP contribution in [0.15, 0.2) is 53.7 Å². The fraction of sp³-hybridized carbons (Fsp3) is 0.286. The molecule has 0 saturated carbocycles. The molecule has 0 fully saturated rings. The smallest absolute Gasteiger partial charge is 0.230 e. The lowest BCUT2D eigenvalue weighted by molar-refractivity contribution is -0.119. The molecule has 3 N–H and O–H groups in total. The number of nitrogens with one attached hydrogen (secondary N) is 1. The van der Waals surface area contributed by atoms with Crippen LogP contribution in [0.4, 0.5) is 0 Å². The summed E-state index contributed by atoms with van der Waals surface area (Å²) in [7, 11) is 0. The first-order valence-electron chi connectivity index (χ1n) is 9.24. The number of aromatic nitrogens is 3. The molecule has 28 heavy (non-hydrogen) atoms. The van der Waals surface area contributed by atoms with Gasteiger partial charge in [-0.15, -0.1) is 10.2 Å². The van der Waals surface area contributed by atoms with Crippen LogP contribution in [-0.4, -0.2) is 26.5 Å². The SMILES string of the molecule is CCC(NC(=O)CSc1nnc(-c2ccc(C)cc2)n1N)c1ccc(C)cc1. The summed E-state index contributed by atoms with van der Waals surface area (Å²) < 4.78 is 1.43. The van der Waals surface area contributed by atoms with E-state index in [1.807, 2.05) is 38.1 Å². The Hall–Kier alpha value is -2.80. The quantitative estimate of drug-likeness (QED) is 0.471. The van der Waals surface area contributed by atoms with E-state index in [2.05, 4.69) is 46.7 Å². The Morgan fingerprint density at radius 3 is 2.29 bits per heavy atom. The van der Waals surface area contributed by atoms with Gasteiger partial charge in [0, 0.05) is 5.56 Å². The minimum atomic E-state index is -0.0580. The van der Waals surface area contributed by atoms with Crippen molar-refractivity contribution >= 4 is 17.7 Å². The monoisotopic (exact) mass is 395 g/mol. The molecule has 0 bridgehead atoms. The summed E-state index contributed by atoms with van der Waals surface area (Å²) in [6.45, 7) is 6.13. The third-order valence-corrected chi connectivity index (χ3v) is 5.47. The average Bonchev–Trinajstić information content (AvgIpc) is 3.06. The minimum Gasteiger partial charge on any atom is -0.349 e. The second-order valence-corrected chi connectivity index (χ2v) is 7.71. The zero-order valence-electron chi connectivity index (χ0n) is 16.3. The molecule has 2 aromatic carbocycles. The molecule has 0 aliphatic carbocycles. The van der Waals surface area contributed by atoms with Gasteiger partial charge in [0.25, 0.3) is 0 Å². The summed E-state index contributed by atoms with van der Waals surface area (Å²) in [4.78, 5) is 12.4. The maximum absolute atomic E-state index is 12.4. The highest BCUT2D eigenvalue weighted by Gasteiger charge is 2.16. The van der Waals surface area contributed by atoms with Gasteiger partial charge in [0.15, 0.2) is 5.82 Å². The van der Waals surface area contributed by atoms with Crippen LogP contribution in [0.3, 0.4) is 0 Å². The van der Waals surface area contributed by atoms with Crippen molar-refractivity contribution in [2.75, 3.05) is 11.6 Å². The Morgan fingerprint density at radius 2 is 1.68 bits per heavy atom. The molecule has 1 amide bonds. The van der Waals surface area contributed by atoms with Crippen LogP contribution in [0, 0.1) is 13.8 Å². The summed E-state index contributed by atoms with van der Waals surface area (Å²) >= 11 is 1.28. The van der Waals surface area contributed by atoms with Gasteiger partial charge in [-0.1, -0.05) is 78.3 Å². The molecule has 1 unspecified atom stereocenters. The number of hydrogen-bond donors (Lipinski definition) is 2. The Balaban J connectivity index is 1.61. The summed E-state index contributed by atoms with van der Waals surface area (Å²) in [6.07, 6.45) is 0.824. The van der Waals surface area contributed by atoms with Crippen LogP contribution in [0.2, 0.25) is 0 Å². The average molecular weight is 396 g/mol. The summed E-state index contributed by atoms with van der Waals surface area (Å²) in [5, 5.41) is 11.9. The molecule has 146 valence electrons. The number of benzene rings is 2.